The minimum Gasteiger partial charge on any atom is -0.333 e. The molecule has 0 bridgehead atoms. The van der Waals surface area contributed by atoms with Crippen molar-refractivity contribution in [3.05, 3.63) is 29.8 Å². The third-order valence-electron chi connectivity index (χ3n) is 5.75. The normalized spacial score (nSPS) is 22.1. The molecule has 0 spiro atoms. The summed E-state index contributed by atoms with van der Waals surface area (Å²) in [5, 5.41) is 0. The fourth-order valence-electron chi connectivity index (χ4n) is 4.16. The van der Waals surface area contributed by atoms with Gasteiger partial charge in [-0.2, -0.15) is 0 Å². The van der Waals surface area contributed by atoms with Crippen LogP contribution in [0.1, 0.15) is 49.9 Å². The molecule has 1 N–H and O–H groups in total. The Balaban J connectivity index is 1.57. The zero-order valence-corrected chi connectivity index (χ0v) is 17.2. The standard InChI is InChI=1S/C20H31N3O3S/c1-3-27(25,26)21-19-10-8-18(9-11-19)20(24)23-13-12-22(14-16(23)2)15-17-6-4-5-7-17/h8-11,16-17,21H,3-7,12-15H2,1-2H3/t16-/m1/s1. The molecule has 1 amide bonds. The van der Waals surface area contributed by atoms with Crippen LogP contribution < -0.4 is 4.72 Å². The van der Waals surface area contributed by atoms with Gasteiger partial charge in [0.05, 0.1) is 5.75 Å². The first kappa shape index (κ1) is 20.1. The largest absolute Gasteiger partial charge is 0.333 e. The lowest BCUT2D eigenvalue weighted by Gasteiger charge is -2.40. The monoisotopic (exact) mass is 393 g/mol. The third kappa shape index (κ3) is 5.23. The van der Waals surface area contributed by atoms with Crippen molar-refractivity contribution in [1.29, 1.82) is 0 Å². The predicted octanol–water partition coefficient (Wildman–Crippen LogP) is 2.78. The lowest BCUT2D eigenvalue weighted by molar-refractivity contribution is 0.0461. The number of nitrogens with zero attached hydrogens (tertiary/aromatic N) is 2. The van der Waals surface area contributed by atoms with Gasteiger partial charge in [0.1, 0.15) is 0 Å². The smallest absolute Gasteiger partial charge is 0.254 e. The lowest BCUT2D eigenvalue weighted by atomic mass is 10.1. The van der Waals surface area contributed by atoms with E-state index in [0.717, 1.165) is 25.6 Å². The summed E-state index contributed by atoms with van der Waals surface area (Å²) in [6.07, 6.45) is 5.43. The summed E-state index contributed by atoms with van der Waals surface area (Å²) in [4.78, 5) is 17.3. The first-order valence-electron chi connectivity index (χ1n) is 10.0. The van der Waals surface area contributed by atoms with Crippen LogP contribution in [0.5, 0.6) is 0 Å². The van der Waals surface area contributed by atoms with Crippen LogP contribution in [-0.4, -0.2) is 62.1 Å². The van der Waals surface area contributed by atoms with Gasteiger partial charge in [0, 0.05) is 43.5 Å². The van der Waals surface area contributed by atoms with Gasteiger partial charge >= 0.3 is 0 Å². The molecule has 0 radical (unpaired) electrons. The van der Waals surface area contributed by atoms with E-state index in [4.69, 9.17) is 0 Å². The molecule has 0 aromatic heterocycles. The molecule has 1 aromatic carbocycles. The topological polar surface area (TPSA) is 69.7 Å². The fourth-order valence-corrected chi connectivity index (χ4v) is 4.80. The maximum atomic E-state index is 12.9. The Hall–Kier alpha value is -1.60. The van der Waals surface area contributed by atoms with E-state index in [0.29, 0.717) is 11.3 Å². The summed E-state index contributed by atoms with van der Waals surface area (Å²) < 4.78 is 25.8. The summed E-state index contributed by atoms with van der Waals surface area (Å²) in [6.45, 7) is 7.48. The summed E-state index contributed by atoms with van der Waals surface area (Å²) >= 11 is 0. The molecular weight excluding hydrogens is 362 g/mol. The summed E-state index contributed by atoms with van der Waals surface area (Å²) in [5.74, 6) is 0.878. The third-order valence-corrected chi connectivity index (χ3v) is 7.06. The minimum atomic E-state index is -3.30. The van der Waals surface area contributed by atoms with Crippen molar-refractivity contribution in [3.63, 3.8) is 0 Å². The van der Waals surface area contributed by atoms with Crippen molar-refractivity contribution in [2.24, 2.45) is 5.92 Å². The van der Waals surface area contributed by atoms with E-state index in [1.807, 2.05) is 4.90 Å². The average molecular weight is 394 g/mol. The zero-order chi connectivity index (χ0) is 19.4. The summed E-state index contributed by atoms with van der Waals surface area (Å²) in [7, 11) is -3.30. The number of piperazine rings is 1. The number of benzene rings is 1. The molecule has 1 heterocycles. The molecule has 6 nitrogen and oxygen atoms in total. The van der Waals surface area contributed by atoms with Crippen LogP contribution in [0.15, 0.2) is 24.3 Å². The number of anilines is 1. The van der Waals surface area contributed by atoms with Crippen LogP contribution in [0.25, 0.3) is 0 Å². The fraction of sp³-hybridized carbons (Fsp3) is 0.650. The Morgan fingerprint density at radius 1 is 1.15 bits per heavy atom. The highest BCUT2D eigenvalue weighted by Crippen LogP contribution is 2.26. The number of nitrogens with one attached hydrogen (secondary N) is 1. The molecule has 3 rings (SSSR count). The van der Waals surface area contributed by atoms with E-state index in [2.05, 4.69) is 16.5 Å². The van der Waals surface area contributed by atoms with Crippen LogP contribution >= 0.6 is 0 Å². The van der Waals surface area contributed by atoms with Crippen molar-refractivity contribution < 1.29 is 13.2 Å². The Labute approximate surface area is 163 Å². The molecule has 1 aromatic rings. The van der Waals surface area contributed by atoms with Gasteiger partial charge in [-0.1, -0.05) is 12.8 Å². The van der Waals surface area contributed by atoms with Gasteiger partial charge < -0.3 is 4.90 Å². The number of amides is 1. The van der Waals surface area contributed by atoms with Crippen molar-refractivity contribution >= 4 is 21.6 Å². The molecule has 2 aliphatic rings. The van der Waals surface area contributed by atoms with E-state index in [1.54, 1.807) is 31.2 Å². The first-order valence-corrected chi connectivity index (χ1v) is 11.7. The summed E-state index contributed by atoms with van der Waals surface area (Å²) in [6, 6.07) is 6.90. The predicted molar refractivity (Wildman–Crippen MR) is 108 cm³/mol. The molecular formula is C20H31N3O3S. The first-order chi connectivity index (χ1) is 12.9. The SMILES string of the molecule is CCS(=O)(=O)Nc1ccc(C(=O)N2CCN(CC3CCCC3)C[C@H]2C)cc1. The van der Waals surface area contributed by atoms with Crippen LogP contribution in [0.4, 0.5) is 5.69 Å². The second kappa shape index (κ2) is 8.61. The quantitative estimate of drug-likeness (QED) is 0.807. The van der Waals surface area contributed by atoms with E-state index < -0.39 is 10.0 Å². The van der Waals surface area contributed by atoms with Crippen LogP contribution in [0, 0.1) is 5.92 Å². The second-order valence-electron chi connectivity index (χ2n) is 7.84. The maximum absolute atomic E-state index is 12.9. The molecule has 0 unspecified atom stereocenters. The molecule has 1 saturated carbocycles. The molecule has 27 heavy (non-hydrogen) atoms. The molecule has 150 valence electrons. The van der Waals surface area contributed by atoms with Crippen molar-refractivity contribution in [3.8, 4) is 0 Å². The van der Waals surface area contributed by atoms with Gasteiger partial charge in [0.25, 0.3) is 5.91 Å². The Morgan fingerprint density at radius 3 is 2.41 bits per heavy atom. The maximum Gasteiger partial charge on any atom is 0.254 e. The highest BCUT2D eigenvalue weighted by atomic mass is 32.2. The highest BCUT2D eigenvalue weighted by molar-refractivity contribution is 7.92. The van der Waals surface area contributed by atoms with E-state index in [-0.39, 0.29) is 17.7 Å². The highest BCUT2D eigenvalue weighted by Gasteiger charge is 2.29. The van der Waals surface area contributed by atoms with E-state index >= 15 is 0 Å². The van der Waals surface area contributed by atoms with Gasteiger partial charge in [-0.15, -0.1) is 0 Å². The van der Waals surface area contributed by atoms with Crippen molar-refractivity contribution in [2.45, 2.75) is 45.6 Å². The van der Waals surface area contributed by atoms with E-state index in [9.17, 15) is 13.2 Å². The molecule has 1 aliphatic carbocycles. The Kier molecular flexibility index (Phi) is 6.42. The Morgan fingerprint density at radius 2 is 1.81 bits per heavy atom. The van der Waals surface area contributed by atoms with Gasteiger partial charge in [-0.25, -0.2) is 8.42 Å². The van der Waals surface area contributed by atoms with E-state index in [1.165, 1.54) is 32.2 Å². The number of sulfonamides is 1. The number of rotatable bonds is 6. The average Bonchev–Trinajstić information content (AvgIpc) is 3.15. The lowest BCUT2D eigenvalue weighted by Crippen LogP contribution is -2.54. The van der Waals surface area contributed by atoms with Gasteiger partial charge in [-0.3, -0.25) is 14.4 Å². The molecule has 1 aliphatic heterocycles. The van der Waals surface area contributed by atoms with Crippen LogP contribution in [0.3, 0.4) is 0 Å². The summed E-state index contributed by atoms with van der Waals surface area (Å²) in [5.41, 5.74) is 1.09. The molecule has 7 heteroatoms. The minimum absolute atomic E-state index is 0.0212. The van der Waals surface area contributed by atoms with Crippen molar-refractivity contribution in [1.82, 2.24) is 9.80 Å². The van der Waals surface area contributed by atoms with Crippen molar-refractivity contribution in [2.75, 3.05) is 36.7 Å². The molecule has 2 fully saturated rings. The Bertz CT molecular complexity index is 742. The molecule has 1 atom stereocenters. The molecule has 1 saturated heterocycles. The van der Waals surface area contributed by atoms with Gasteiger partial charge in [0.2, 0.25) is 10.0 Å². The van der Waals surface area contributed by atoms with Crippen LogP contribution in [-0.2, 0) is 10.0 Å². The zero-order valence-electron chi connectivity index (χ0n) is 16.4. The van der Waals surface area contributed by atoms with Gasteiger partial charge in [-0.05, 0) is 56.9 Å². The number of hydrogen-bond donors (Lipinski definition) is 1. The van der Waals surface area contributed by atoms with Gasteiger partial charge in [0.15, 0.2) is 0 Å². The number of carbonyl (C=O) groups is 1. The van der Waals surface area contributed by atoms with Crippen LogP contribution in [0.2, 0.25) is 0 Å². The number of hydrogen-bond acceptors (Lipinski definition) is 4. The second-order valence-corrected chi connectivity index (χ2v) is 9.85. The number of carbonyl (C=O) groups excluding carboxylic acids is 1.